The van der Waals surface area contributed by atoms with Crippen molar-refractivity contribution < 1.29 is 9.66 Å². The Kier molecular flexibility index (Phi) is 6.35. The number of aliphatic imine (C=N–C) groups is 1. The van der Waals surface area contributed by atoms with E-state index in [0.717, 1.165) is 24.3 Å². The minimum atomic E-state index is -0.400. The maximum Gasteiger partial charge on any atom is 0.312 e. The fourth-order valence-electron chi connectivity index (χ4n) is 2.52. The van der Waals surface area contributed by atoms with Crippen LogP contribution in [0.2, 0.25) is 0 Å². The van der Waals surface area contributed by atoms with Crippen molar-refractivity contribution in [2.24, 2.45) is 12.0 Å². The molecule has 0 bridgehead atoms. The fourth-order valence-corrected chi connectivity index (χ4v) is 3.66. The highest BCUT2D eigenvalue weighted by molar-refractivity contribution is 8.14. The van der Waals surface area contributed by atoms with Gasteiger partial charge >= 0.3 is 5.69 Å². The average molecular weight is 338 g/mol. The van der Waals surface area contributed by atoms with Crippen molar-refractivity contribution in [2.75, 3.05) is 12.4 Å². The second kappa shape index (κ2) is 8.26. The highest BCUT2D eigenvalue weighted by atomic mass is 32.2. The molecule has 1 aromatic rings. The van der Waals surface area contributed by atoms with Crippen molar-refractivity contribution in [1.82, 2.24) is 9.78 Å². The van der Waals surface area contributed by atoms with E-state index in [-0.39, 0.29) is 17.8 Å². The molecule has 0 N–H and O–H groups in total. The molecule has 0 fully saturated rings. The van der Waals surface area contributed by atoms with Gasteiger partial charge in [-0.3, -0.25) is 19.8 Å². The van der Waals surface area contributed by atoms with E-state index in [0.29, 0.717) is 18.1 Å². The molecule has 8 heteroatoms. The zero-order chi connectivity index (χ0) is 16.8. The molecule has 0 spiro atoms. The Morgan fingerprint density at radius 1 is 1.70 bits per heavy atom. The average Bonchev–Trinajstić information content (AvgIpc) is 3.13. The molecule has 0 saturated carbocycles. The Morgan fingerprint density at radius 3 is 3.13 bits per heavy atom. The second-order valence-corrected chi connectivity index (χ2v) is 6.38. The molecule has 2 atom stereocenters. The van der Waals surface area contributed by atoms with Crippen LogP contribution in [0.3, 0.4) is 0 Å². The Labute approximate surface area is 140 Å². The molecule has 0 saturated heterocycles. The van der Waals surface area contributed by atoms with Crippen LogP contribution < -0.4 is 0 Å². The van der Waals surface area contributed by atoms with Crippen molar-refractivity contribution in [3.05, 3.63) is 34.7 Å². The van der Waals surface area contributed by atoms with E-state index in [9.17, 15) is 10.1 Å². The number of nitrogens with zero attached hydrogens (tertiary/aromatic N) is 4. The summed E-state index contributed by atoms with van der Waals surface area (Å²) in [7, 11) is 1.71. The molecule has 0 radical (unpaired) electrons. The Bertz CT molecular complexity index is 600. The molecule has 126 valence electrons. The van der Waals surface area contributed by atoms with Crippen LogP contribution in [-0.4, -0.2) is 38.2 Å². The van der Waals surface area contributed by atoms with E-state index in [2.05, 4.69) is 18.6 Å². The molecule has 23 heavy (non-hydrogen) atoms. The van der Waals surface area contributed by atoms with Gasteiger partial charge in [-0.15, -0.1) is 18.3 Å². The number of ether oxygens (including phenoxy) is 1. The molecule has 0 aromatic carbocycles. The van der Waals surface area contributed by atoms with Gasteiger partial charge < -0.3 is 4.74 Å². The lowest BCUT2D eigenvalue weighted by Gasteiger charge is -2.16. The normalized spacial score (nSPS) is 18.7. The van der Waals surface area contributed by atoms with Gasteiger partial charge in [0.1, 0.15) is 24.0 Å². The summed E-state index contributed by atoms with van der Waals surface area (Å²) in [5, 5.41) is 16.1. The topological polar surface area (TPSA) is 82.6 Å². The summed E-state index contributed by atoms with van der Waals surface area (Å²) < 4.78 is 7.37. The van der Waals surface area contributed by atoms with Crippen LogP contribution in [0.4, 0.5) is 5.69 Å². The van der Waals surface area contributed by atoms with Crippen LogP contribution in [0.15, 0.2) is 23.8 Å². The smallest absolute Gasteiger partial charge is 0.312 e. The lowest BCUT2D eigenvalue weighted by molar-refractivity contribution is -0.385. The molecule has 7 nitrogen and oxygen atoms in total. The van der Waals surface area contributed by atoms with E-state index in [1.54, 1.807) is 29.6 Å². The molecule has 0 aliphatic carbocycles. The summed E-state index contributed by atoms with van der Waals surface area (Å²) in [5.41, 5.74) is 0.579. The molecular formula is C15H22N4O3S. The predicted octanol–water partition coefficient (Wildman–Crippen LogP) is 3.28. The zero-order valence-electron chi connectivity index (χ0n) is 13.5. The highest BCUT2D eigenvalue weighted by Crippen LogP contribution is 2.36. The largest absolute Gasteiger partial charge is 0.367 e. The predicted molar refractivity (Wildman–Crippen MR) is 92.0 cm³/mol. The van der Waals surface area contributed by atoms with Crippen molar-refractivity contribution in [1.29, 1.82) is 0 Å². The van der Waals surface area contributed by atoms with Crippen LogP contribution >= 0.6 is 11.8 Å². The molecular weight excluding hydrogens is 316 g/mol. The monoisotopic (exact) mass is 338 g/mol. The van der Waals surface area contributed by atoms with Gasteiger partial charge in [-0.05, 0) is 6.42 Å². The number of aromatic nitrogens is 2. The second-order valence-electron chi connectivity index (χ2n) is 5.34. The lowest BCUT2D eigenvalue weighted by Crippen LogP contribution is -2.21. The molecule has 2 unspecified atom stereocenters. The lowest BCUT2D eigenvalue weighted by atomic mass is 10.1. The van der Waals surface area contributed by atoms with Gasteiger partial charge in [-0.1, -0.05) is 25.8 Å². The summed E-state index contributed by atoms with van der Waals surface area (Å²) in [6.07, 6.45) is 5.99. The quantitative estimate of drug-likeness (QED) is 0.392. The van der Waals surface area contributed by atoms with Crippen molar-refractivity contribution in [2.45, 2.75) is 38.3 Å². The van der Waals surface area contributed by atoms with E-state index >= 15 is 0 Å². The van der Waals surface area contributed by atoms with Crippen LogP contribution in [0, 0.1) is 10.1 Å². The number of thioether (sulfide) groups is 1. The van der Waals surface area contributed by atoms with Gasteiger partial charge in [-0.2, -0.15) is 5.10 Å². The Hall–Kier alpha value is -1.67. The maximum atomic E-state index is 11.2. The zero-order valence-corrected chi connectivity index (χ0v) is 14.3. The highest BCUT2D eigenvalue weighted by Gasteiger charge is 2.33. The summed E-state index contributed by atoms with van der Waals surface area (Å²) in [6, 6.07) is -0.251. The molecule has 2 heterocycles. The first kappa shape index (κ1) is 17.7. The van der Waals surface area contributed by atoms with Gasteiger partial charge in [-0.25, -0.2) is 0 Å². The molecule has 2 rings (SSSR count). The third kappa shape index (κ3) is 4.20. The third-order valence-corrected chi connectivity index (χ3v) is 4.81. The van der Waals surface area contributed by atoms with Crippen molar-refractivity contribution in [3.8, 4) is 0 Å². The maximum absolute atomic E-state index is 11.2. The number of hydrogen-bond donors (Lipinski definition) is 0. The summed E-state index contributed by atoms with van der Waals surface area (Å²) in [5.74, 6) is 0.676. The first-order valence-corrected chi connectivity index (χ1v) is 8.66. The minimum absolute atomic E-state index is 0.0280. The standard InChI is InChI=1S/C15H22N4O3S/c1-4-6-7-13(22-8-5-2)15-17-11(10-23-15)14-12(19(20)21)9-16-18(14)3/h5,9,11,13H,2,4,6-8,10H2,1,3H3. The fraction of sp³-hybridized carbons (Fsp3) is 0.600. The van der Waals surface area contributed by atoms with Crippen molar-refractivity contribution in [3.63, 3.8) is 0 Å². The third-order valence-electron chi connectivity index (χ3n) is 3.66. The van der Waals surface area contributed by atoms with E-state index in [1.807, 2.05) is 0 Å². The number of unbranched alkanes of at least 4 members (excludes halogenated alkanes) is 1. The first-order valence-electron chi connectivity index (χ1n) is 7.67. The molecule has 1 aliphatic rings. The van der Waals surface area contributed by atoms with Gasteiger partial charge in [0.25, 0.3) is 0 Å². The first-order chi connectivity index (χ1) is 11.1. The number of rotatable bonds is 9. The number of aryl methyl sites for hydroxylation is 1. The summed E-state index contributed by atoms with van der Waals surface area (Å²) in [4.78, 5) is 15.4. The number of nitro groups is 1. The van der Waals surface area contributed by atoms with E-state index in [4.69, 9.17) is 9.73 Å². The van der Waals surface area contributed by atoms with Crippen molar-refractivity contribution >= 4 is 22.5 Å². The summed E-state index contributed by atoms with van der Waals surface area (Å²) in [6.45, 7) is 6.29. The van der Waals surface area contributed by atoms with Crippen LogP contribution in [0.5, 0.6) is 0 Å². The van der Waals surface area contributed by atoms with Crippen LogP contribution in [0.25, 0.3) is 0 Å². The Morgan fingerprint density at radius 2 is 2.48 bits per heavy atom. The number of hydrogen-bond acceptors (Lipinski definition) is 6. The molecule has 1 aromatic heterocycles. The van der Waals surface area contributed by atoms with Gasteiger partial charge in [0.05, 0.1) is 16.6 Å². The Balaban J connectivity index is 2.19. The van der Waals surface area contributed by atoms with Crippen LogP contribution in [0.1, 0.15) is 37.9 Å². The molecule has 0 amide bonds. The minimum Gasteiger partial charge on any atom is -0.367 e. The SMILES string of the molecule is C=CCOC(CCCC)C1=NC(c2c([N+](=O)[O-])cnn2C)CS1. The summed E-state index contributed by atoms with van der Waals surface area (Å²) >= 11 is 1.61. The van der Waals surface area contributed by atoms with E-state index < -0.39 is 4.92 Å². The van der Waals surface area contributed by atoms with Gasteiger partial charge in [0, 0.05) is 12.8 Å². The van der Waals surface area contributed by atoms with Gasteiger partial charge in [0.2, 0.25) is 0 Å². The van der Waals surface area contributed by atoms with Gasteiger partial charge in [0.15, 0.2) is 0 Å². The van der Waals surface area contributed by atoms with E-state index in [1.165, 1.54) is 6.20 Å². The molecule has 1 aliphatic heterocycles. The van der Waals surface area contributed by atoms with Crippen LogP contribution in [-0.2, 0) is 11.8 Å².